The molecule has 5 heteroatoms. The molecule has 0 aliphatic carbocycles. The maximum absolute atomic E-state index is 10.9. The van der Waals surface area contributed by atoms with Gasteiger partial charge in [-0.05, 0) is 42.0 Å². The highest BCUT2D eigenvalue weighted by Crippen LogP contribution is 2.41. The summed E-state index contributed by atoms with van der Waals surface area (Å²) in [5.41, 5.74) is 5.04. The average molecular weight is 422 g/mol. The summed E-state index contributed by atoms with van der Waals surface area (Å²) in [6.07, 6.45) is 1.82. The quantitative estimate of drug-likeness (QED) is 0.357. The van der Waals surface area contributed by atoms with E-state index >= 15 is 0 Å². The number of phenols is 1. The predicted molar refractivity (Wildman–Crippen MR) is 128 cm³/mol. The molecule has 0 unspecified atom stereocenters. The Kier molecular flexibility index (Phi) is 5.79. The van der Waals surface area contributed by atoms with Crippen molar-refractivity contribution in [1.82, 2.24) is 9.78 Å². The summed E-state index contributed by atoms with van der Waals surface area (Å²) in [6, 6.07) is 13.9. The first-order valence-corrected chi connectivity index (χ1v) is 10.6. The van der Waals surface area contributed by atoms with Crippen LogP contribution in [0.4, 0.5) is 5.69 Å². The van der Waals surface area contributed by atoms with E-state index in [-0.39, 0.29) is 10.8 Å². The Morgan fingerprint density at radius 3 is 2.00 bits per heavy atom. The van der Waals surface area contributed by atoms with Crippen LogP contribution in [-0.2, 0) is 10.8 Å². The highest BCUT2D eigenvalue weighted by atomic mass is 32.1. The van der Waals surface area contributed by atoms with Crippen molar-refractivity contribution >= 4 is 24.1 Å². The van der Waals surface area contributed by atoms with Crippen LogP contribution in [0, 0.1) is 11.6 Å². The predicted octanol–water partition coefficient (Wildman–Crippen LogP) is 6.89. The van der Waals surface area contributed by atoms with Gasteiger partial charge in [0.2, 0.25) is 0 Å². The number of hydrogen-bond donors (Lipinski definition) is 2. The molecule has 0 aliphatic rings. The fourth-order valence-electron chi connectivity index (χ4n) is 3.45. The smallest absolute Gasteiger partial charge is 0.136 e. The first-order valence-electron chi connectivity index (χ1n) is 10.2. The van der Waals surface area contributed by atoms with Crippen LogP contribution in [0.1, 0.15) is 63.9 Å². The van der Waals surface area contributed by atoms with E-state index in [1.54, 1.807) is 0 Å². The number of aliphatic imine (C=N–C) groups is 1. The molecule has 2 aromatic carbocycles. The Bertz CT molecular complexity index is 1100. The van der Waals surface area contributed by atoms with Gasteiger partial charge in [0.25, 0.3) is 0 Å². The zero-order chi connectivity index (χ0) is 22.3. The molecule has 1 aromatic heterocycles. The van der Waals surface area contributed by atoms with Gasteiger partial charge >= 0.3 is 0 Å². The Morgan fingerprint density at radius 1 is 0.967 bits per heavy atom. The third kappa shape index (κ3) is 4.41. The number of rotatable bonds is 3. The van der Waals surface area contributed by atoms with Crippen LogP contribution in [-0.4, -0.2) is 21.1 Å². The lowest BCUT2D eigenvalue weighted by Gasteiger charge is -2.27. The van der Waals surface area contributed by atoms with Gasteiger partial charge in [-0.2, -0.15) is 0 Å². The average Bonchev–Trinajstić information content (AvgIpc) is 2.93. The highest BCUT2D eigenvalue weighted by Gasteiger charge is 2.26. The van der Waals surface area contributed by atoms with Crippen molar-refractivity contribution in [3.05, 3.63) is 69.5 Å². The summed E-state index contributed by atoms with van der Waals surface area (Å²) in [7, 11) is 0. The number of nitrogens with zero attached hydrogens (tertiary/aromatic N) is 2. The molecular formula is C25H31N3OS. The van der Waals surface area contributed by atoms with Crippen LogP contribution < -0.4 is 0 Å². The van der Waals surface area contributed by atoms with E-state index in [4.69, 9.17) is 17.2 Å². The second-order valence-corrected chi connectivity index (χ2v) is 10.2. The molecule has 3 aromatic rings. The first kappa shape index (κ1) is 22.0. The number of aromatic nitrogens is 2. The van der Waals surface area contributed by atoms with Crippen molar-refractivity contribution in [3.63, 3.8) is 0 Å². The SMILES string of the molecule is Cc1[nH]n(-c2ccccc2)c(=S)c1C=Nc1cc(C(C)(C)C)c(O)c(C(C)(C)C)c1. The molecule has 4 nitrogen and oxygen atoms in total. The fraction of sp³-hybridized carbons (Fsp3) is 0.360. The molecule has 0 saturated heterocycles. The summed E-state index contributed by atoms with van der Waals surface area (Å²) in [4.78, 5) is 4.76. The van der Waals surface area contributed by atoms with Crippen LogP contribution in [0.5, 0.6) is 5.75 Å². The van der Waals surface area contributed by atoms with Gasteiger partial charge in [0.15, 0.2) is 0 Å². The molecule has 30 heavy (non-hydrogen) atoms. The van der Waals surface area contributed by atoms with Gasteiger partial charge < -0.3 is 5.11 Å². The molecule has 0 amide bonds. The van der Waals surface area contributed by atoms with Gasteiger partial charge in [0, 0.05) is 23.0 Å². The second kappa shape index (κ2) is 7.88. The first-order chi connectivity index (χ1) is 13.9. The molecule has 3 rings (SSSR count). The summed E-state index contributed by atoms with van der Waals surface area (Å²) in [5, 5.41) is 14.2. The Balaban J connectivity index is 2.09. The largest absolute Gasteiger partial charge is 0.507 e. The van der Waals surface area contributed by atoms with Crippen molar-refractivity contribution in [1.29, 1.82) is 0 Å². The van der Waals surface area contributed by atoms with Gasteiger partial charge in [-0.3, -0.25) is 10.1 Å². The van der Waals surface area contributed by atoms with Crippen molar-refractivity contribution in [2.75, 3.05) is 0 Å². The number of aromatic hydroxyl groups is 1. The summed E-state index contributed by atoms with van der Waals surface area (Å²) < 4.78 is 2.58. The van der Waals surface area contributed by atoms with E-state index in [2.05, 4.69) is 46.6 Å². The molecule has 2 N–H and O–H groups in total. The molecule has 0 atom stereocenters. The molecule has 1 heterocycles. The molecule has 0 radical (unpaired) electrons. The number of para-hydroxylation sites is 1. The van der Waals surface area contributed by atoms with Gasteiger partial charge in [-0.25, -0.2) is 4.68 Å². The minimum atomic E-state index is -0.195. The minimum Gasteiger partial charge on any atom is -0.507 e. The van der Waals surface area contributed by atoms with Gasteiger partial charge in [0.1, 0.15) is 10.4 Å². The number of hydrogen-bond acceptors (Lipinski definition) is 3. The number of aryl methyl sites for hydroxylation is 1. The zero-order valence-corrected chi connectivity index (χ0v) is 19.7. The Hall–Kier alpha value is -2.66. The van der Waals surface area contributed by atoms with E-state index in [0.29, 0.717) is 10.4 Å². The second-order valence-electron chi connectivity index (χ2n) is 9.77. The standard InChI is InChI=1S/C25H31N3OS/c1-16-19(23(30)28(27-16)18-11-9-8-10-12-18)15-26-17-13-20(24(2,3)4)22(29)21(14-17)25(5,6)7/h8-15,27,29H,1-7H3. The van der Waals surface area contributed by atoms with E-state index in [9.17, 15) is 5.11 Å². The van der Waals surface area contributed by atoms with Gasteiger partial charge in [-0.1, -0.05) is 72.0 Å². The lowest BCUT2D eigenvalue weighted by atomic mass is 9.79. The summed E-state index contributed by atoms with van der Waals surface area (Å²) in [6.45, 7) is 14.6. The number of nitrogens with one attached hydrogen (secondary N) is 1. The fourth-order valence-corrected chi connectivity index (χ4v) is 3.80. The number of H-pyrrole nitrogens is 1. The zero-order valence-electron chi connectivity index (χ0n) is 18.9. The molecule has 0 aliphatic heterocycles. The van der Waals surface area contributed by atoms with Crippen molar-refractivity contribution in [2.45, 2.75) is 59.3 Å². The van der Waals surface area contributed by atoms with Crippen molar-refractivity contribution in [2.24, 2.45) is 4.99 Å². The van der Waals surface area contributed by atoms with Crippen LogP contribution in [0.15, 0.2) is 47.5 Å². The monoisotopic (exact) mass is 421 g/mol. The number of phenolic OH excluding ortho intramolecular Hbond substituents is 1. The third-order valence-corrected chi connectivity index (χ3v) is 5.59. The topological polar surface area (TPSA) is 53.3 Å². The molecule has 0 saturated carbocycles. The molecular weight excluding hydrogens is 390 g/mol. The lowest BCUT2D eigenvalue weighted by Crippen LogP contribution is -2.16. The maximum atomic E-state index is 10.9. The molecule has 158 valence electrons. The maximum Gasteiger partial charge on any atom is 0.136 e. The van der Waals surface area contributed by atoms with Crippen LogP contribution in [0.25, 0.3) is 5.69 Å². The molecule has 0 bridgehead atoms. The van der Waals surface area contributed by atoms with Crippen LogP contribution in [0.2, 0.25) is 0 Å². The normalized spacial score (nSPS) is 12.6. The highest BCUT2D eigenvalue weighted by molar-refractivity contribution is 7.71. The minimum absolute atomic E-state index is 0.195. The van der Waals surface area contributed by atoms with Crippen molar-refractivity contribution < 1.29 is 5.11 Å². The Morgan fingerprint density at radius 2 is 1.50 bits per heavy atom. The van der Waals surface area contributed by atoms with Crippen LogP contribution in [0.3, 0.4) is 0 Å². The molecule has 0 spiro atoms. The van der Waals surface area contributed by atoms with E-state index in [0.717, 1.165) is 33.8 Å². The number of benzene rings is 2. The van der Waals surface area contributed by atoms with Gasteiger partial charge in [0.05, 0.1) is 16.9 Å². The summed E-state index contributed by atoms with van der Waals surface area (Å²) in [5.74, 6) is 0.359. The van der Waals surface area contributed by atoms with E-state index in [1.807, 2.05) is 60.3 Å². The van der Waals surface area contributed by atoms with Gasteiger partial charge in [-0.15, -0.1) is 0 Å². The van der Waals surface area contributed by atoms with E-state index < -0.39 is 0 Å². The Labute approximate surface area is 184 Å². The van der Waals surface area contributed by atoms with Crippen LogP contribution >= 0.6 is 12.2 Å². The lowest BCUT2D eigenvalue weighted by molar-refractivity contribution is 0.423. The molecule has 0 fully saturated rings. The third-order valence-electron chi connectivity index (χ3n) is 5.18. The van der Waals surface area contributed by atoms with Crippen molar-refractivity contribution in [3.8, 4) is 11.4 Å². The van der Waals surface area contributed by atoms with E-state index in [1.165, 1.54) is 0 Å². The number of aromatic amines is 1. The summed E-state index contributed by atoms with van der Waals surface area (Å²) >= 11 is 5.70.